The minimum absolute atomic E-state index is 0.104. The van der Waals surface area contributed by atoms with Crippen LogP contribution in [0.4, 0.5) is 17.1 Å². The lowest BCUT2D eigenvalue weighted by Gasteiger charge is -2.46. The Morgan fingerprint density at radius 1 is 0.553 bits per heavy atom. The van der Waals surface area contributed by atoms with Gasteiger partial charge in [0, 0.05) is 14.6 Å². The van der Waals surface area contributed by atoms with E-state index in [0.717, 1.165) is 14.6 Å². The highest BCUT2D eigenvalue weighted by Crippen LogP contribution is 2.57. The van der Waals surface area contributed by atoms with E-state index in [1.54, 1.807) is 0 Å². The molecular formula is C35H29Br2N. The van der Waals surface area contributed by atoms with E-state index in [2.05, 4.69) is 179 Å². The summed E-state index contributed by atoms with van der Waals surface area (Å²) in [4.78, 5) is 2.42. The Balaban J connectivity index is 1.71. The summed E-state index contributed by atoms with van der Waals surface area (Å²) in [6.45, 7) is 6.79. The molecule has 0 atom stereocenters. The van der Waals surface area contributed by atoms with Gasteiger partial charge < -0.3 is 4.90 Å². The molecule has 0 saturated heterocycles. The Morgan fingerprint density at radius 2 is 1.03 bits per heavy atom. The predicted molar refractivity (Wildman–Crippen MR) is 167 cm³/mol. The largest absolute Gasteiger partial charge is 0.310 e. The molecule has 3 heteroatoms. The molecule has 1 aliphatic heterocycles. The van der Waals surface area contributed by atoms with Gasteiger partial charge >= 0.3 is 0 Å². The highest BCUT2D eigenvalue weighted by molar-refractivity contribution is 9.10. The van der Waals surface area contributed by atoms with Gasteiger partial charge in [-0.15, -0.1) is 0 Å². The van der Waals surface area contributed by atoms with Crippen molar-refractivity contribution in [1.82, 2.24) is 0 Å². The third kappa shape index (κ3) is 4.04. The molecule has 6 rings (SSSR count). The average Bonchev–Trinajstić information content (AvgIpc) is 2.91. The molecule has 1 aliphatic rings. The molecule has 0 fully saturated rings. The minimum atomic E-state index is -0.497. The summed E-state index contributed by atoms with van der Waals surface area (Å²) in [5.41, 5.74) is 9.46. The second kappa shape index (κ2) is 9.55. The monoisotopic (exact) mass is 621 g/mol. The van der Waals surface area contributed by atoms with E-state index in [4.69, 9.17) is 0 Å². The molecular weight excluding hydrogens is 594 g/mol. The predicted octanol–water partition coefficient (Wildman–Crippen LogP) is 10.7. The number of halogens is 2. The summed E-state index contributed by atoms with van der Waals surface area (Å²) in [5, 5.41) is 0. The Hall–Kier alpha value is -3.14. The summed E-state index contributed by atoms with van der Waals surface area (Å²) in [5.74, 6) is 0. The molecule has 0 bridgehead atoms. The maximum absolute atomic E-state index is 3.77. The van der Waals surface area contributed by atoms with Crippen LogP contribution < -0.4 is 4.90 Å². The van der Waals surface area contributed by atoms with Crippen LogP contribution in [-0.4, -0.2) is 0 Å². The summed E-state index contributed by atoms with van der Waals surface area (Å²) >= 11 is 7.54. The molecule has 38 heavy (non-hydrogen) atoms. The number of benzene rings is 5. The summed E-state index contributed by atoms with van der Waals surface area (Å²) in [6.07, 6.45) is 0. The first kappa shape index (κ1) is 25.2. The van der Waals surface area contributed by atoms with E-state index in [1.807, 2.05) is 0 Å². The van der Waals surface area contributed by atoms with Crippen LogP contribution in [0.25, 0.3) is 0 Å². The number of nitrogens with zero attached hydrogens (tertiary/aromatic N) is 1. The SMILES string of the molecule is CC(C)(C)c1ccc(N2c3ccccc3C(c3cccc(Br)c3)(c3cccc(Br)c3)c3ccccc32)cc1. The van der Waals surface area contributed by atoms with Crippen molar-refractivity contribution in [2.75, 3.05) is 4.90 Å². The van der Waals surface area contributed by atoms with Crippen molar-refractivity contribution >= 4 is 48.9 Å². The van der Waals surface area contributed by atoms with Crippen molar-refractivity contribution < 1.29 is 0 Å². The molecule has 0 aliphatic carbocycles. The van der Waals surface area contributed by atoms with Gasteiger partial charge in [0.05, 0.1) is 16.8 Å². The Labute approximate surface area is 242 Å². The van der Waals surface area contributed by atoms with Crippen LogP contribution in [0.5, 0.6) is 0 Å². The van der Waals surface area contributed by atoms with Crippen LogP contribution in [-0.2, 0) is 10.8 Å². The molecule has 5 aromatic carbocycles. The number of hydrogen-bond acceptors (Lipinski definition) is 1. The fourth-order valence-electron chi connectivity index (χ4n) is 5.87. The van der Waals surface area contributed by atoms with Gasteiger partial charge in [0.2, 0.25) is 0 Å². The van der Waals surface area contributed by atoms with Gasteiger partial charge in [-0.1, -0.05) is 125 Å². The molecule has 1 nitrogen and oxygen atoms in total. The third-order valence-corrected chi connectivity index (χ3v) is 8.59. The van der Waals surface area contributed by atoms with Gasteiger partial charge in [0.25, 0.3) is 0 Å². The lowest BCUT2D eigenvalue weighted by molar-refractivity contribution is 0.590. The summed E-state index contributed by atoms with van der Waals surface area (Å²) < 4.78 is 2.14. The highest BCUT2D eigenvalue weighted by Gasteiger charge is 2.46. The second-order valence-corrected chi connectivity index (χ2v) is 12.8. The molecule has 0 N–H and O–H groups in total. The summed E-state index contributed by atoms with van der Waals surface area (Å²) in [7, 11) is 0. The fraction of sp³-hybridized carbons (Fsp3) is 0.143. The lowest BCUT2D eigenvalue weighted by atomic mass is 9.62. The average molecular weight is 623 g/mol. The number of para-hydroxylation sites is 2. The van der Waals surface area contributed by atoms with Gasteiger partial charge in [0.15, 0.2) is 0 Å². The zero-order valence-electron chi connectivity index (χ0n) is 21.8. The van der Waals surface area contributed by atoms with E-state index < -0.39 is 5.41 Å². The third-order valence-electron chi connectivity index (χ3n) is 7.60. The van der Waals surface area contributed by atoms with Crippen LogP contribution in [0.1, 0.15) is 48.6 Å². The smallest absolute Gasteiger partial charge is 0.0743 e. The molecule has 188 valence electrons. The number of fused-ring (bicyclic) bond motifs is 2. The Bertz CT molecular complexity index is 1530. The van der Waals surface area contributed by atoms with Crippen LogP contribution in [0.15, 0.2) is 130 Å². The van der Waals surface area contributed by atoms with Gasteiger partial charge in [0.1, 0.15) is 0 Å². The highest BCUT2D eigenvalue weighted by atomic mass is 79.9. The summed E-state index contributed by atoms with van der Waals surface area (Å²) in [6, 6.07) is 44.3. The fourth-order valence-corrected chi connectivity index (χ4v) is 6.67. The maximum atomic E-state index is 3.77. The molecule has 0 radical (unpaired) electrons. The van der Waals surface area contributed by atoms with E-state index >= 15 is 0 Å². The minimum Gasteiger partial charge on any atom is -0.310 e. The van der Waals surface area contributed by atoms with Crippen LogP contribution in [0, 0.1) is 0 Å². The zero-order chi connectivity index (χ0) is 26.5. The first-order valence-corrected chi connectivity index (χ1v) is 14.5. The van der Waals surface area contributed by atoms with Crippen molar-refractivity contribution in [3.05, 3.63) is 158 Å². The standard InChI is InChI=1S/C35H29Br2N/c1-34(2,3)24-18-20-29(21-19-24)38-32-16-6-4-14-30(32)35(25-10-8-12-27(36)22-25,26-11-9-13-28(37)23-26)31-15-5-7-17-33(31)38/h4-23H,1-3H3. The van der Waals surface area contributed by atoms with Gasteiger partial charge in [-0.05, 0) is 81.8 Å². The Kier molecular flexibility index (Phi) is 6.32. The molecule has 0 aromatic heterocycles. The van der Waals surface area contributed by atoms with E-state index in [0.29, 0.717) is 0 Å². The van der Waals surface area contributed by atoms with E-state index in [9.17, 15) is 0 Å². The molecule has 5 aromatic rings. The van der Waals surface area contributed by atoms with Crippen molar-refractivity contribution in [1.29, 1.82) is 0 Å². The van der Waals surface area contributed by atoms with Crippen LogP contribution in [0.2, 0.25) is 0 Å². The van der Waals surface area contributed by atoms with E-state index in [-0.39, 0.29) is 5.41 Å². The zero-order valence-corrected chi connectivity index (χ0v) is 24.9. The van der Waals surface area contributed by atoms with Crippen molar-refractivity contribution in [2.45, 2.75) is 31.6 Å². The first-order valence-electron chi connectivity index (χ1n) is 12.9. The van der Waals surface area contributed by atoms with Crippen molar-refractivity contribution in [3.63, 3.8) is 0 Å². The Morgan fingerprint density at radius 3 is 1.47 bits per heavy atom. The number of anilines is 3. The van der Waals surface area contributed by atoms with Gasteiger partial charge in [-0.25, -0.2) is 0 Å². The van der Waals surface area contributed by atoms with E-state index in [1.165, 1.54) is 39.2 Å². The van der Waals surface area contributed by atoms with Gasteiger partial charge in [-0.2, -0.15) is 0 Å². The molecule has 0 amide bonds. The number of hydrogen-bond donors (Lipinski definition) is 0. The molecule has 1 heterocycles. The quantitative estimate of drug-likeness (QED) is 0.190. The molecule has 0 saturated carbocycles. The maximum Gasteiger partial charge on any atom is 0.0743 e. The second-order valence-electron chi connectivity index (χ2n) is 10.9. The van der Waals surface area contributed by atoms with Crippen LogP contribution in [0.3, 0.4) is 0 Å². The van der Waals surface area contributed by atoms with Crippen molar-refractivity contribution in [2.24, 2.45) is 0 Å². The van der Waals surface area contributed by atoms with Crippen molar-refractivity contribution in [3.8, 4) is 0 Å². The lowest BCUT2D eigenvalue weighted by Crippen LogP contribution is -2.37. The van der Waals surface area contributed by atoms with Crippen LogP contribution >= 0.6 is 31.9 Å². The topological polar surface area (TPSA) is 3.24 Å². The normalized spacial score (nSPS) is 14.1. The number of rotatable bonds is 3. The van der Waals surface area contributed by atoms with Gasteiger partial charge in [-0.3, -0.25) is 0 Å². The molecule has 0 unspecified atom stereocenters. The first-order chi connectivity index (χ1) is 18.3. The molecule has 0 spiro atoms.